The molecule has 0 aliphatic rings. The van der Waals surface area contributed by atoms with Gasteiger partial charge in [-0.1, -0.05) is 5.16 Å². The Kier molecular flexibility index (Phi) is 3.57. The number of nitrogens with one attached hydrogen (secondary N) is 2. The molecule has 8 nitrogen and oxygen atoms in total. The number of H-pyrrole nitrogens is 1. The average molecular weight is 299 g/mol. The number of oxime groups is 1. The van der Waals surface area contributed by atoms with Crippen molar-refractivity contribution in [1.82, 2.24) is 9.97 Å². The predicted molar refractivity (Wildman–Crippen MR) is 68.3 cm³/mol. The molecule has 0 radical (unpaired) electrons. The van der Waals surface area contributed by atoms with E-state index in [-0.39, 0.29) is 16.3 Å². The van der Waals surface area contributed by atoms with Crippen LogP contribution >= 0.6 is 0 Å². The van der Waals surface area contributed by atoms with E-state index in [9.17, 15) is 12.8 Å². The van der Waals surface area contributed by atoms with E-state index in [1.54, 1.807) is 0 Å². The fourth-order valence-electron chi connectivity index (χ4n) is 1.44. The SMILES string of the molecule is NC(=NO)c1cc(NS(=O)(=O)c2cnc[nH]2)ccc1F. The number of hydrogen-bond donors (Lipinski definition) is 4. The summed E-state index contributed by atoms with van der Waals surface area (Å²) in [6.45, 7) is 0. The molecule has 1 aromatic carbocycles. The maximum Gasteiger partial charge on any atom is 0.278 e. The fourth-order valence-corrected chi connectivity index (χ4v) is 2.39. The second-order valence-corrected chi connectivity index (χ2v) is 5.35. The normalized spacial score (nSPS) is 12.3. The zero-order valence-corrected chi connectivity index (χ0v) is 10.7. The highest BCUT2D eigenvalue weighted by Crippen LogP contribution is 2.18. The van der Waals surface area contributed by atoms with Gasteiger partial charge in [-0.15, -0.1) is 0 Å². The van der Waals surface area contributed by atoms with Gasteiger partial charge in [0.2, 0.25) is 0 Å². The number of rotatable bonds is 4. The first-order valence-electron chi connectivity index (χ1n) is 5.22. The lowest BCUT2D eigenvalue weighted by Crippen LogP contribution is -2.17. The minimum atomic E-state index is -3.87. The number of amidine groups is 1. The molecule has 2 rings (SSSR count). The van der Waals surface area contributed by atoms with E-state index in [0.717, 1.165) is 18.3 Å². The lowest BCUT2D eigenvalue weighted by Gasteiger charge is -2.08. The van der Waals surface area contributed by atoms with Gasteiger partial charge < -0.3 is 15.9 Å². The molecule has 2 aromatic rings. The summed E-state index contributed by atoms with van der Waals surface area (Å²) in [4.78, 5) is 6.03. The number of imidazole rings is 1. The summed E-state index contributed by atoms with van der Waals surface area (Å²) in [6.07, 6.45) is 2.33. The van der Waals surface area contributed by atoms with Gasteiger partial charge in [0.1, 0.15) is 5.82 Å². The molecule has 5 N–H and O–H groups in total. The van der Waals surface area contributed by atoms with Crippen molar-refractivity contribution in [2.45, 2.75) is 5.03 Å². The van der Waals surface area contributed by atoms with E-state index in [2.05, 4.69) is 19.8 Å². The first-order valence-corrected chi connectivity index (χ1v) is 6.71. The average Bonchev–Trinajstić information content (AvgIpc) is 2.94. The van der Waals surface area contributed by atoms with Crippen LogP contribution < -0.4 is 10.5 Å². The van der Waals surface area contributed by atoms with E-state index in [1.165, 1.54) is 12.4 Å². The van der Waals surface area contributed by atoms with Crippen LogP contribution in [0, 0.1) is 5.82 Å². The van der Waals surface area contributed by atoms with Crippen molar-refractivity contribution in [3.05, 3.63) is 42.1 Å². The van der Waals surface area contributed by atoms with Gasteiger partial charge in [0.05, 0.1) is 18.1 Å². The number of nitrogens with two attached hydrogens (primary N) is 1. The Morgan fingerprint density at radius 3 is 2.85 bits per heavy atom. The summed E-state index contributed by atoms with van der Waals surface area (Å²) >= 11 is 0. The number of aromatic nitrogens is 2. The predicted octanol–water partition coefficient (Wildman–Crippen LogP) is 0.444. The lowest BCUT2D eigenvalue weighted by atomic mass is 10.2. The van der Waals surface area contributed by atoms with Crippen LogP contribution in [0.25, 0.3) is 0 Å². The van der Waals surface area contributed by atoms with Crippen molar-refractivity contribution in [1.29, 1.82) is 0 Å². The van der Waals surface area contributed by atoms with Crippen molar-refractivity contribution >= 4 is 21.5 Å². The molecular weight excluding hydrogens is 289 g/mol. The molecular formula is C10H10FN5O3S. The van der Waals surface area contributed by atoms with Crippen LogP contribution in [0.4, 0.5) is 10.1 Å². The zero-order valence-electron chi connectivity index (χ0n) is 9.91. The molecule has 20 heavy (non-hydrogen) atoms. The van der Waals surface area contributed by atoms with E-state index in [1.807, 2.05) is 0 Å². The Balaban J connectivity index is 2.36. The van der Waals surface area contributed by atoms with Gasteiger partial charge in [-0.2, -0.15) is 8.42 Å². The summed E-state index contributed by atoms with van der Waals surface area (Å²) in [7, 11) is -3.87. The lowest BCUT2D eigenvalue weighted by molar-refractivity contribution is 0.318. The number of nitrogens with zero attached hydrogens (tertiary/aromatic N) is 2. The van der Waals surface area contributed by atoms with Crippen molar-refractivity contribution in [2.75, 3.05) is 4.72 Å². The molecule has 0 atom stereocenters. The monoisotopic (exact) mass is 299 g/mol. The van der Waals surface area contributed by atoms with Gasteiger partial charge in [-0.05, 0) is 18.2 Å². The molecule has 0 bridgehead atoms. The topological polar surface area (TPSA) is 133 Å². The first-order chi connectivity index (χ1) is 9.44. The van der Waals surface area contributed by atoms with Crippen LogP contribution in [0.15, 0.2) is 40.9 Å². The van der Waals surface area contributed by atoms with E-state index in [0.29, 0.717) is 0 Å². The van der Waals surface area contributed by atoms with Gasteiger partial charge in [-0.25, -0.2) is 9.37 Å². The molecule has 0 unspecified atom stereocenters. The Hall–Kier alpha value is -2.62. The van der Waals surface area contributed by atoms with Gasteiger partial charge in [0.25, 0.3) is 10.0 Å². The highest BCUT2D eigenvalue weighted by molar-refractivity contribution is 7.92. The van der Waals surface area contributed by atoms with Crippen molar-refractivity contribution in [2.24, 2.45) is 10.9 Å². The first kappa shape index (κ1) is 13.8. The van der Waals surface area contributed by atoms with Crippen LogP contribution in [0.1, 0.15) is 5.56 Å². The van der Waals surface area contributed by atoms with Gasteiger partial charge in [0.15, 0.2) is 10.9 Å². The Bertz CT molecular complexity index is 742. The maximum absolute atomic E-state index is 13.4. The van der Waals surface area contributed by atoms with E-state index < -0.39 is 21.7 Å². The summed E-state index contributed by atoms with van der Waals surface area (Å²) in [5, 5.41) is 11.1. The molecule has 0 fully saturated rings. The summed E-state index contributed by atoms with van der Waals surface area (Å²) in [5.41, 5.74) is 5.12. The summed E-state index contributed by atoms with van der Waals surface area (Å²) in [6, 6.07) is 3.31. The number of aromatic amines is 1. The fraction of sp³-hybridized carbons (Fsp3) is 0. The van der Waals surface area contributed by atoms with Crippen LogP contribution in [0.3, 0.4) is 0 Å². The smallest absolute Gasteiger partial charge is 0.278 e. The van der Waals surface area contributed by atoms with Crippen molar-refractivity contribution in [3.63, 3.8) is 0 Å². The Labute approximate surface area is 113 Å². The van der Waals surface area contributed by atoms with Crippen LogP contribution in [0.5, 0.6) is 0 Å². The van der Waals surface area contributed by atoms with Crippen LogP contribution in [-0.4, -0.2) is 29.4 Å². The number of anilines is 1. The molecule has 0 amide bonds. The number of benzene rings is 1. The number of halogens is 1. The Morgan fingerprint density at radius 1 is 1.50 bits per heavy atom. The highest BCUT2D eigenvalue weighted by atomic mass is 32.2. The third kappa shape index (κ3) is 2.69. The third-order valence-electron chi connectivity index (χ3n) is 2.36. The summed E-state index contributed by atoms with van der Waals surface area (Å²) in [5.74, 6) is -1.21. The zero-order chi connectivity index (χ0) is 14.8. The van der Waals surface area contributed by atoms with Gasteiger partial charge >= 0.3 is 0 Å². The molecule has 10 heteroatoms. The van der Waals surface area contributed by atoms with Crippen LogP contribution in [-0.2, 0) is 10.0 Å². The number of hydrogen-bond acceptors (Lipinski definition) is 5. The molecule has 0 saturated carbocycles. The molecule has 0 aliphatic heterocycles. The molecule has 0 aliphatic carbocycles. The number of sulfonamides is 1. The molecule has 106 valence electrons. The maximum atomic E-state index is 13.4. The van der Waals surface area contributed by atoms with E-state index in [4.69, 9.17) is 10.9 Å². The molecule has 1 aromatic heterocycles. The molecule has 0 spiro atoms. The minimum Gasteiger partial charge on any atom is -0.409 e. The van der Waals surface area contributed by atoms with Gasteiger partial charge in [0, 0.05) is 5.69 Å². The minimum absolute atomic E-state index is 0.0580. The van der Waals surface area contributed by atoms with Crippen molar-refractivity contribution in [3.8, 4) is 0 Å². The second-order valence-electron chi connectivity index (χ2n) is 3.70. The second kappa shape index (κ2) is 5.17. The Morgan fingerprint density at radius 2 is 2.25 bits per heavy atom. The van der Waals surface area contributed by atoms with Gasteiger partial charge in [-0.3, -0.25) is 4.72 Å². The largest absolute Gasteiger partial charge is 0.409 e. The highest BCUT2D eigenvalue weighted by Gasteiger charge is 2.17. The quantitative estimate of drug-likeness (QED) is 0.281. The molecule has 0 saturated heterocycles. The standard InChI is InChI=1S/C10H10FN5O3S/c11-8-2-1-6(3-7(8)10(12)15-17)16-20(18,19)9-4-13-5-14-9/h1-5,16-17H,(H2,12,15)(H,13,14). The van der Waals surface area contributed by atoms with E-state index >= 15 is 0 Å². The third-order valence-corrected chi connectivity index (χ3v) is 3.67. The van der Waals surface area contributed by atoms with Crippen molar-refractivity contribution < 1.29 is 18.0 Å². The van der Waals surface area contributed by atoms with Crippen LogP contribution in [0.2, 0.25) is 0 Å². The summed E-state index contributed by atoms with van der Waals surface area (Å²) < 4.78 is 39.5. The molecule has 1 heterocycles.